The highest BCUT2D eigenvalue weighted by molar-refractivity contribution is 5.75. The molecule has 0 amide bonds. The maximum Gasteiger partial charge on any atom is 0.310 e. The number of nitrogens with one attached hydrogen (secondary N) is 1. The van der Waals surface area contributed by atoms with Gasteiger partial charge in [-0.15, -0.1) is 0 Å². The van der Waals surface area contributed by atoms with Gasteiger partial charge in [0.15, 0.2) is 5.65 Å². The molecule has 5 nitrogen and oxygen atoms in total. The summed E-state index contributed by atoms with van der Waals surface area (Å²) in [6.45, 7) is 7.55. The quantitative estimate of drug-likeness (QED) is 0.886. The molecule has 0 aliphatic carbocycles. The van der Waals surface area contributed by atoms with E-state index in [2.05, 4.69) is 15.0 Å². The minimum absolute atomic E-state index is 0.0212. The molecule has 2 aromatic heterocycles. The summed E-state index contributed by atoms with van der Waals surface area (Å²) in [5, 5.41) is 9.43. The molecule has 0 saturated heterocycles. The molecule has 0 aromatic carbocycles. The van der Waals surface area contributed by atoms with Gasteiger partial charge in [-0.1, -0.05) is 13.8 Å². The molecule has 5 heteroatoms. The Morgan fingerprint density at radius 2 is 2.21 bits per heavy atom. The second kappa shape index (κ2) is 4.64. The number of fused-ring (bicyclic) bond motifs is 1. The Bertz CT molecular complexity index is 618. The van der Waals surface area contributed by atoms with Crippen LogP contribution in [0.2, 0.25) is 0 Å². The summed E-state index contributed by atoms with van der Waals surface area (Å²) < 4.78 is 0. The Hall–Kier alpha value is -1.91. The van der Waals surface area contributed by atoms with E-state index in [-0.39, 0.29) is 5.92 Å². The van der Waals surface area contributed by atoms with Crippen LogP contribution in [0.4, 0.5) is 0 Å². The minimum Gasteiger partial charge on any atom is -0.481 e. The van der Waals surface area contributed by atoms with Crippen LogP contribution < -0.4 is 0 Å². The smallest absolute Gasteiger partial charge is 0.310 e. The lowest BCUT2D eigenvalue weighted by Crippen LogP contribution is -2.35. The molecule has 19 heavy (non-hydrogen) atoms. The van der Waals surface area contributed by atoms with Crippen molar-refractivity contribution in [3.05, 3.63) is 23.7 Å². The van der Waals surface area contributed by atoms with Crippen LogP contribution in [0, 0.1) is 18.3 Å². The molecule has 2 heterocycles. The first-order valence-electron chi connectivity index (χ1n) is 6.37. The minimum atomic E-state index is -0.830. The zero-order chi connectivity index (χ0) is 14.2. The van der Waals surface area contributed by atoms with Crippen LogP contribution in [0.5, 0.6) is 0 Å². The molecular formula is C14H19N3O2. The number of carbonyl (C=O) groups is 1. The number of aliphatic carboxylic acids is 1. The number of nitrogens with zero attached hydrogens (tertiary/aromatic N) is 2. The van der Waals surface area contributed by atoms with Crippen molar-refractivity contribution < 1.29 is 9.90 Å². The Kier molecular flexibility index (Phi) is 3.30. The Morgan fingerprint density at radius 3 is 2.79 bits per heavy atom. The first kappa shape index (κ1) is 13.5. The highest BCUT2D eigenvalue weighted by Gasteiger charge is 2.37. The van der Waals surface area contributed by atoms with Crippen LogP contribution in [0.25, 0.3) is 11.2 Å². The molecule has 102 valence electrons. The van der Waals surface area contributed by atoms with Crippen LogP contribution in [0.15, 0.2) is 12.3 Å². The topological polar surface area (TPSA) is 78.9 Å². The van der Waals surface area contributed by atoms with E-state index in [1.807, 2.05) is 26.8 Å². The number of hydrogen-bond donors (Lipinski definition) is 2. The average molecular weight is 261 g/mol. The largest absolute Gasteiger partial charge is 0.481 e. The molecular weight excluding hydrogens is 242 g/mol. The van der Waals surface area contributed by atoms with Gasteiger partial charge in [0, 0.05) is 12.6 Å². The van der Waals surface area contributed by atoms with E-state index < -0.39 is 11.4 Å². The summed E-state index contributed by atoms with van der Waals surface area (Å²) >= 11 is 0. The van der Waals surface area contributed by atoms with Crippen molar-refractivity contribution in [1.82, 2.24) is 15.0 Å². The molecule has 0 aliphatic rings. The van der Waals surface area contributed by atoms with E-state index in [1.165, 1.54) is 0 Å². The lowest BCUT2D eigenvalue weighted by Gasteiger charge is -2.27. The number of carboxylic acids is 1. The average Bonchev–Trinajstić information content (AvgIpc) is 2.69. The number of imidazole rings is 1. The molecule has 0 bridgehead atoms. The molecule has 0 radical (unpaired) electrons. The maximum atomic E-state index is 11.5. The van der Waals surface area contributed by atoms with E-state index in [0.717, 1.165) is 11.1 Å². The number of rotatable bonds is 4. The van der Waals surface area contributed by atoms with Crippen molar-refractivity contribution in [3.63, 3.8) is 0 Å². The fraction of sp³-hybridized carbons (Fsp3) is 0.500. The molecule has 0 saturated carbocycles. The van der Waals surface area contributed by atoms with Gasteiger partial charge in [0.1, 0.15) is 5.82 Å². The third kappa shape index (κ3) is 2.45. The number of aromatic nitrogens is 3. The van der Waals surface area contributed by atoms with Crippen molar-refractivity contribution in [2.75, 3.05) is 0 Å². The fourth-order valence-corrected chi connectivity index (χ4v) is 2.01. The highest BCUT2D eigenvalue weighted by Crippen LogP contribution is 2.31. The van der Waals surface area contributed by atoms with Gasteiger partial charge in [-0.05, 0) is 31.4 Å². The van der Waals surface area contributed by atoms with Gasteiger partial charge in [-0.3, -0.25) is 4.79 Å². The van der Waals surface area contributed by atoms with E-state index in [9.17, 15) is 9.90 Å². The first-order valence-corrected chi connectivity index (χ1v) is 6.37. The molecule has 0 aliphatic heterocycles. The molecule has 2 aromatic rings. The molecule has 2 N–H and O–H groups in total. The maximum absolute atomic E-state index is 11.5. The zero-order valence-electron chi connectivity index (χ0n) is 11.7. The van der Waals surface area contributed by atoms with Crippen LogP contribution in [0.1, 0.15) is 32.2 Å². The summed E-state index contributed by atoms with van der Waals surface area (Å²) in [5.74, 6) is -0.105. The van der Waals surface area contributed by atoms with Crippen molar-refractivity contribution in [2.24, 2.45) is 11.3 Å². The molecule has 1 atom stereocenters. The molecule has 0 spiro atoms. The van der Waals surface area contributed by atoms with Gasteiger partial charge in [0.05, 0.1) is 10.9 Å². The predicted molar refractivity (Wildman–Crippen MR) is 72.9 cm³/mol. The van der Waals surface area contributed by atoms with E-state index in [1.54, 1.807) is 13.1 Å². The lowest BCUT2D eigenvalue weighted by molar-refractivity contribution is -0.150. The first-order chi connectivity index (χ1) is 8.83. The Balaban J connectivity index is 2.37. The van der Waals surface area contributed by atoms with Gasteiger partial charge in [0.2, 0.25) is 0 Å². The molecule has 1 unspecified atom stereocenters. The van der Waals surface area contributed by atoms with Gasteiger partial charge in [0.25, 0.3) is 0 Å². The third-order valence-corrected chi connectivity index (χ3v) is 3.82. The number of aryl methyl sites for hydroxylation is 1. The van der Waals surface area contributed by atoms with E-state index >= 15 is 0 Å². The number of hydrogen-bond acceptors (Lipinski definition) is 3. The summed E-state index contributed by atoms with van der Waals surface area (Å²) in [7, 11) is 0. The van der Waals surface area contributed by atoms with Gasteiger partial charge >= 0.3 is 5.97 Å². The summed E-state index contributed by atoms with van der Waals surface area (Å²) in [6, 6.07) is 1.96. The number of H-pyrrole nitrogens is 1. The highest BCUT2D eigenvalue weighted by atomic mass is 16.4. The van der Waals surface area contributed by atoms with Crippen LogP contribution in [-0.2, 0) is 11.2 Å². The second-order valence-corrected chi connectivity index (χ2v) is 5.62. The van der Waals surface area contributed by atoms with E-state index in [4.69, 9.17) is 0 Å². The van der Waals surface area contributed by atoms with E-state index in [0.29, 0.717) is 17.9 Å². The van der Waals surface area contributed by atoms with Crippen LogP contribution in [0.3, 0.4) is 0 Å². The molecule has 2 rings (SSSR count). The normalized spacial score (nSPS) is 14.8. The summed E-state index contributed by atoms with van der Waals surface area (Å²) in [5.41, 5.74) is 1.71. The monoisotopic (exact) mass is 261 g/mol. The summed E-state index contributed by atoms with van der Waals surface area (Å²) in [4.78, 5) is 23.2. The van der Waals surface area contributed by atoms with Gasteiger partial charge in [-0.2, -0.15) is 0 Å². The zero-order valence-corrected chi connectivity index (χ0v) is 11.7. The standard InChI is InChI=1S/C14H19N3O2/c1-8(2)14(4,13(18)19)6-11-16-10-5-9(3)7-15-12(10)17-11/h5,7-8H,6H2,1-4H3,(H,18,19)(H,15,16,17). The fourth-order valence-electron chi connectivity index (χ4n) is 2.01. The van der Waals surface area contributed by atoms with Crippen molar-refractivity contribution >= 4 is 17.1 Å². The van der Waals surface area contributed by atoms with Gasteiger partial charge in [-0.25, -0.2) is 9.97 Å². The lowest BCUT2D eigenvalue weighted by atomic mass is 9.76. The SMILES string of the molecule is Cc1cnc2nc(CC(C)(C(=O)O)C(C)C)[nH]c2c1. The number of carboxylic acid groups (broad SMARTS) is 1. The van der Waals surface area contributed by atoms with Crippen molar-refractivity contribution in [2.45, 2.75) is 34.1 Å². The summed E-state index contributed by atoms with van der Waals surface area (Å²) in [6.07, 6.45) is 2.13. The third-order valence-electron chi connectivity index (χ3n) is 3.82. The number of pyridine rings is 1. The van der Waals surface area contributed by atoms with Crippen molar-refractivity contribution in [3.8, 4) is 0 Å². The van der Waals surface area contributed by atoms with Crippen molar-refractivity contribution in [1.29, 1.82) is 0 Å². The Labute approximate surface area is 112 Å². The van der Waals surface area contributed by atoms with Crippen LogP contribution >= 0.6 is 0 Å². The second-order valence-electron chi connectivity index (χ2n) is 5.62. The Morgan fingerprint density at radius 1 is 1.53 bits per heavy atom. The molecule has 0 fully saturated rings. The number of aromatic amines is 1. The predicted octanol–water partition coefficient (Wildman–Crippen LogP) is 2.56. The van der Waals surface area contributed by atoms with Gasteiger partial charge < -0.3 is 10.1 Å². The van der Waals surface area contributed by atoms with Crippen LogP contribution in [-0.4, -0.2) is 26.0 Å².